The zero-order valence-corrected chi connectivity index (χ0v) is 17.3. The average molecular weight is 394 g/mol. The summed E-state index contributed by atoms with van der Waals surface area (Å²) < 4.78 is 1.82. The summed E-state index contributed by atoms with van der Waals surface area (Å²) in [6, 6.07) is 11.4. The SMILES string of the molecule is CC(=Cc1ccccc1)CN1CCCCC1CCn1cc(C(=O)NC2CC2)nn1. The maximum absolute atomic E-state index is 12.1. The summed E-state index contributed by atoms with van der Waals surface area (Å²) in [7, 11) is 0. The molecule has 1 N–H and O–H groups in total. The standard InChI is InChI=1S/C23H31N5O/c1-18(15-19-7-3-2-4-8-19)16-27-13-6-5-9-21(27)12-14-28-17-22(25-26-28)23(29)24-20-10-11-20/h2-4,7-8,15,17,20-21H,5-6,9-14,16H2,1H3,(H,24,29). The summed E-state index contributed by atoms with van der Waals surface area (Å²) >= 11 is 0. The highest BCUT2D eigenvalue weighted by Gasteiger charge is 2.25. The molecule has 0 radical (unpaired) electrons. The third-order valence-electron chi connectivity index (χ3n) is 5.79. The molecule has 4 rings (SSSR count). The van der Waals surface area contributed by atoms with Gasteiger partial charge in [-0.2, -0.15) is 0 Å². The van der Waals surface area contributed by atoms with Crippen molar-refractivity contribution < 1.29 is 4.79 Å². The molecule has 2 fully saturated rings. The van der Waals surface area contributed by atoms with Crippen LogP contribution in [0, 0.1) is 0 Å². The number of likely N-dealkylation sites (tertiary alicyclic amines) is 1. The third kappa shape index (κ3) is 5.76. The summed E-state index contributed by atoms with van der Waals surface area (Å²) in [6.45, 7) is 5.18. The van der Waals surface area contributed by atoms with E-state index < -0.39 is 0 Å². The first-order chi connectivity index (χ1) is 14.2. The van der Waals surface area contributed by atoms with E-state index >= 15 is 0 Å². The van der Waals surface area contributed by atoms with Crippen molar-refractivity contribution in [2.45, 2.75) is 64.1 Å². The number of rotatable bonds is 8. The largest absolute Gasteiger partial charge is 0.348 e. The highest BCUT2D eigenvalue weighted by atomic mass is 16.2. The second kappa shape index (κ2) is 9.35. The van der Waals surface area contributed by atoms with Crippen LogP contribution in [0.2, 0.25) is 0 Å². The van der Waals surface area contributed by atoms with Gasteiger partial charge in [-0.15, -0.1) is 5.10 Å². The molecule has 0 bridgehead atoms. The molecule has 1 aromatic carbocycles. The van der Waals surface area contributed by atoms with Gasteiger partial charge in [-0.3, -0.25) is 14.4 Å². The third-order valence-corrected chi connectivity index (χ3v) is 5.79. The quantitative estimate of drug-likeness (QED) is 0.745. The Labute approximate surface area is 173 Å². The summed E-state index contributed by atoms with van der Waals surface area (Å²) in [6.07, 6.45) is 11.0. The van der Waals surface area contributed by atoms with Crippen LogP contribution in [0.25, 0.3) is 6.08 Å². The Bertz CT molecular complexity index is 840. The lowest BCUT2D eigenvalue weighted by Gasteiger charge is -2.36. The lowest BCUT2D eigenvalue weighted by Crippen LogP contribution is -2.41. The van der Waals surface area contributed by atoms with Crippen LogP contribution in [0.3, 0.4) is 0 Å². The van der Waals surface area contributed by atoms with Crippen molar-refractivity contribution in [1.29, 1.82) is 0 Å². The van der Waals surface area contributed by atoms with Crippen molar-refractivity contribution in [3.63, 3.8) is 0 Å². The molecule has 1 unspecified atom stereocenters. The van der Waals surface area contributed by atoms with Crippen molar-refractivity contribution in [3.05, 3.63) is 53.4 Å². The van der Waals surface area contributed by atoms with Crippen molar-refractivity contribution in [2.75, 3.05) is 13.1 Å². The number of aryl methyl sites for hydroxylation is 1. The van der Waals surface area contributed by atoms with Gasteiger partial charge < -0.3 is 5.32 Å². The number of benzene rings is 1. The zero-order chi connectivity index (χ0) is 20.1. The van der Waals surface area contributed by atoms with Crippen LogP contribution >= 0.6 is 0 Å². The first-order valence-corrected chi connectivity index (χ1v) is 10.8. The predicted octanol–water partition coefficient (Wildman–Crippen LogP) is 3.52. The Morgan fingerprint density at radius 2 is 2.03 bits per heavy atom. The highest BCUT2D eigenvalue weighted by molar-refractivity contribution is 5.92. The summed E-state index contributed by atoms with van der Waals surface area (Å²) in [5.41, 5.74) is 3.08. The van der Waals surface area contributed by atoms with Crippen LogP contribution in [-0.2, 0) is 6.54 Å². The fourth-order valence-electron chi connectivity index (χ4n) is 4.07. The van der Waals surface area contributed by atoms with Gasteiger partial charge in [0.25, 0.3) is 5.91 Å². The molecular weight excluding hydrogens is 362 g/mol. The van der Waals surface area contributed by atoms with Gasteiger partial charge in [-0.25, -0.2) is 0 Å². The van der Waals surface area contributed by atoms with E-state index in [4.69, 9.17) is 0 Å². The number of hydrogen-bond acceptors (Lipinski definition) is 4. The Morgan fingerprint density at radius 3 is 2.83 bits per heavy atom. The summed E-state index contributed by atoms with van der Waals surface area (Å²) in [5.74, 6) is -0.0975. The average Bonchev–Trinajstić information content (AvgIpc) is 3.41. The van der Waals surface area contributed by atoms with E-state index in [-0.39, 0.29) is 5.91 Å². The van der Waals surface area contributed by atoms with E-state index in [0.29, 0.717) is 17.8 Å². The van der Waals surface area contributed by atoms with Gasteiger partial charge in [-0.1, -0.05) is 53.6 Å². The lowest BCUT2D eigenvalue weighted by atomic mass is 9.98. The van der Waals surface area contributed by atoms with Gasteiger partial charge >= 0.3 is 0 Å². The monoisotopic (exact) mass is 393 g/mol. The molecule has 2 aliphatic rings. The first-order valence-electron chi connectivity index (χ1n) is 10.8. The van der Waals surface area contributed by atoms with E-state index in [1.165, 1.54) is 30.4 Å². The topological polar surface area (TPSA) is 63.1 Å². The number of hydrogen-bond donors (Lipinski definition) is 1. The molecule has 1 amide bonds. The van der Waals surface area contributed by atoms with Crippen LogP contribution < -0.4 is 5.32 Å². The van der Waals surface area contributed by atoms with Crippen LogP contribution in [0.4, 0.5) is 0 Å². The zero-order valence-electron chi connectivity index (χ0n) is 17.3. The van der Waals surface area contributed by atoms with Crippen molar-refractivity contribution in [1.82, 2.24) is 25.2 Å². The number of amides is 1. The number of carbonyl (C=O) groups excluding carboxylic acids is 1. The minimum absolute atomic E-state index is 0.0975. The Balaban J connectivity index is 1.31. The molecule has 1 aliphatic heterocycles. The number of aromatic nitrogens is 3. The minimum Gasteiger partial charge on any atom is -0.348 e. The minimum atomic E-state index is -0.0975. The van der Waals surface area contributed by atoms with E-state index in [9.17, 15) is 4.79 Å². The Hall–Kier alpha value is -2.47. The molecule has 6 nitrogen and oxygen atoms in total. The molecule has 6 heteroatoms. The molecule has 0 spiro atoms. The number of carbonyl (C=O) groups is 1. The van der Waals surface area contributed by atoms with E-state index in [2.05, 4.69) is 63.9 Å². The van der Waals surface area contributed by atoms with E-state index in [1.807, 2.05) is 4.68 Å². The lowest BCUT2D eigenvalue weighted by molar-refractivity contribution is 0.0946. The molecule has 2 heterocycles. The molecule has 1 saturated carbocycles. The second-order valence-corrected chi connectivity index (χ2v) is 8.42. The molecule has 1 saturated heterocycles. The van der Waals surface area contributed by atoms with Crippen molar-refractivity contribution in [3.8, 4) is 0 Å². The van der Waals surface area contributed by atoms with Crippen molar-refractivity contribution in [2.24, 2.45) is 0 Å². The van der Waals surface area contributed by atoms with Gasteiger partial charge in [0.2, 0.25) is 0 Å². The normalized spacial score (nSPS) is 20.6. The second-order valence-electron chi connectivity index (χ2n) is 8.42. The Morgan fingerprint density at radius 1 is 1.21 bits per heavy atom. The molecule has 154 valence electrons. The fraction of sp³-hybridized carbons (Fsp3) is 0.522. The van der Waals surface area contributed by atoms with E-state index in [1.54, 1.807) is 6.20 Å². The van der Waals surface area contributed by atoms with Gasteiger partial charge in [-0.05, 0) is 51.1 Å². The highest BCUT2D eigenvalue weighted by Crippen LogP contribution is 2.22. The van der Waals surface area contributed by atoms with Crippen LogP contribution in [0.1, 0.15) is 61.5 Å². The number of piperidine rings is 1. The van der Waals surface area contributed by atoms with Gasteiger partial charge in [0, 0.05) is 25.2 Å². The van der Waals surface area contributed by atoms with Crippen LogP contribution in [0.15, 0.2) is 42.1 Å². The van der Waals surface area contributed by atoms with Crippen LogP contribution in [-0.4, -0.2) is 51.0 Å². The fourth-order valence-corrected chi connectivity index (χ4v) is 4.07. The predicted molar refractivity (Wildman–Crippen MR) is 114 cm³/mol. The van der Waals surface area contributed by atoms with Gasteiger partial charge in [0.15, 0.2) is 5.69 Å². The van der Waals surface area contributed by atoms with Gasteiger partial charge in [0.1, 0.15) is 0 Å². The molecule has 1 atom stereocenters. The maximum atomic E-state index is 12.1. The summed E-state index contributed by atoms with van der Waals surface area (Å²) in [5, 5.41) is 11.2. The Kier molecular flexibility index (Phi) is 6.39. The molecule has 1 aliphatic carbocycles. The molecule has 1 aromatic heterocycles. The van der Waals surface area contributed by atoms with Gasteiger partial charge in [0.05, 0.1) is 6.20 Å². The smallest absolute Gasteiger partial charge is 0.273 e. The molecule has 2 aromatic rings. The maximum Gasteiger partial charge on any atom is 0.273 e. The van der Waals surface area contributed by atoms with Crippen molar-refractivity contribution >= 4 is 12.0 Å². The van der Waals surface area contributed by atoms with Crippen LogP contribution in [0.5, 0.6) is 0 Å². The first kappa shape index (κ1) is 19.8. The summed E-state index contributed by atoms with van der Waals surface area (Å²) in [4.78, 5) is 14.7. The molecule has 29 heavy (non-hydrogen) atoms. The number of nitrogens with zero attached hydrogens (tertiary/aromatic N) is 4. The van der Waals surface area contributed by atoms with E-state index in [0.717, 1.165) is 38.9 Å². The molecular formula is C23H31N5O. The number of nitrogens with one attached hydrogen (secondary N) is 1.